The number of amides is 1. The average molecular weight is 514 g/mol. The minimum absolute atomic E-state index is 0.0688. The number of benzene rings is 4. The van der Waals surface area contributed by atoms with Crippen LogP contribution in [0.4, 0.5) is 0 Å². The SMILES string of the molecule is O=C(CSc1nnc(-c2ccccc2)n1-c1ccc(Cl)cc1)N/N=C\c1c(O)ccc2ccccc12. The van der Waals surface area contributed by atoms with Crippen molar-refractivity contribution in [3.63, 3.8) is 0 Å². The lowest BCUT2D eigenvalue weighted by Crippen LogP contribution is -2.20. The second kappa shape index (κ2) is 10.6. The fourth-order valence-corrected chi connectivity index (χ4v) is 4.58. The highest BCUT2D eigenvalue weighted by atomic mass is 35.5. The number of nitrogens with zero attached hydrogens (tertiary/aromatic N) is 4. The molecule has 9 heteroatoms. The van der Waals surface area contributed by atoms with Gasteiger partial charge in [-0.1, -0.05) is 84.0 Å². The molecule has 0 atom stereocenters. The molecule has 0 radical (unpaired) electrons. The third-order valence-electron chi connectivity index (χ3n) is 5.41. The molecule has 0 bridgehead atoms. The summed E-state index contributed by atoms with van der Waals surface area (Å²) < 4.78 is 1.89. The molecule has 0 aliphatic carbocycles. The van der Waals surface area contributed by atoms with Gasteiger partial charge in [-0.3, -0.25) is 9.36 Å². The van der Waals surface area contributed by atoms with Gasteiger partial charge in [0, 0.05) is 21.8 Å². The average Bonchev–Trinajstić information content (AvgIpc) is 3.33. The van der Waals surface area contributed by atoms with Crippen LogP contribution < -0.4 is 5.43 Å². The number of phenols is 1. The number of thioether (sulfide) groups is 1. The third kappa shape index (κ3) is 5.10. The van der Waals surface area contributed by atoms with Crippen molar-refractivity contribution in [2.45, 2.75) is 5.16 Å². The zero-order valence-corrected chi connectivity index (χ0v) is 20.4. The van der Waals surface area contributed by atoms with Crippen molar-refractivity contribution >= 4 is 46.3 Å². The molecule has 0 unspecified atom stereocenters. The summed E-state index contributed by atoms with van der Waals surface area (Å²) in [6.45, 7) is 0. The highest BCUT2D eigenvalue weighted by molar-refractivity contribution is 7.99. The van der Waals surface area contributed by atoms with Crippen LogP contribution in [0.2, 0.25) is 5.02 Å². The Labute approximate surface area is 216 Å². The molecule has 0 saturated heterocycles. The first-order valence-corrected chi connectivity index (χ1v) is 12.4. The fourth-order valence-electron chi connectivity index (χ4n) is 3.71. The van der Waals surface area contributed by atoms with Crippen LogP contribution in [-0.4, -0.2) is 37.7 Å². The van der Waals surface area contributed by atoms with E-state index in [1.807, 2.05) is 77.4 Å². The van der Waals surface area contributed by atoms with Crippen LogP contribution >= 0.6 is 23.4 Å². The summed E-state index contributed by atoms with van der Waals surface area (Å²) in [4.78, 5) is 12.5. The number of nitrogens with one attached hydrogen (secondary N) is 1. The number of aromatic hydroxyl groups is 1. The summed E-state index contributed by atoms with van der Waals surface area (Å²) in [6.07, 6.45) is 1.45. The monoisotopic (exact) mass is 513 g/mol. The van der Waals surface area contributed by atoms with Gasteiger partial charge in [-0.25, -0.2) is 5.43 Å². The Hall–Kier alpha value is -4.14. The molecular weight excluding hydrogens is 494 g/mol. The van der Waals surface area contributed by atoms with E-state index < -0.39 is 0 Å². The molecule has 1 heterocycles. The summed E-state index contributed by atoms with van der Waals surface area (Å²) >= 11 is 7.32. The summed E-state index contributed by atoms with van der Waals surface area (Å²) in [5.41, 5.74) is 4.79. The molecule has 178 valence electrons. The van der Waals surface area contributed by atoms with E-state index in [2.05, 4.69) is 20.7 Å². The lowest BCUT2D eigenvalue weighted by Gasteiger charge is -2.10. The molecule has 5 rings (SSSR count). The molecule has 7 nitrogen and oxygen atoms in total. The Balaban J connectivity index is 1.33. The van der Waals surface area contributed by atoms with Crippen molar-refractivity contribution in [2.75, 3.05) is 5.75 Å². The first-order valence-electron chi connectivity index (χ1n) is 11.0. The maximum Gasteiger partial charge on any atom is 0.250 e. The Morgan fingerprint density at radius 1 is 0.972 bits per heavy atom. The summed E-state index contributed by atoms with van der Waals surface area (Å²) in [5.74, 6) is 0.498. The van der Waals surface area contributed by atoms with Crippen molar-refractivity contribution in [2.24, 2.45) is 5.10 Å². The molecule has 0 aliphatic heterocycles. The van der Waals surface area contributed by atoms with Crippen molar-refractivity contribution < 1.29 is 9.90 Å². The first kappa shape index (κ1) is 23.6. The van der Waals surface area contributed by atoms with Crippen LogP contribution in [0.1, 0.15) is 5.56 Å². The van der Waals surface area contributed by atoms with Gasteiger partial charge in [-0.2, -0.15) is 5.10 Å². The van der Waals surface area contributed by atoms with Crippen molar-refractivity contribution in [3.8, 4) is 22.8 Å². The molecular formula is C27H20ClN5O2S. The quantitative estimate of drug-likeness (QED) is 0.166. The number of carbonyl (C=O) groups is 1. The maximum atomic E-state index is 12.5. The minimum Gasteiger partial charge on any atom is -0.507 e. The number of hydrogen-bond acceptors (Lipinski definition) is 6. The van der Waals surface area contributed by atoms with Crippen LogP contribution in [0, 0.1) is 0 Å². The summed E-state index contributed by atoms with van der Waals surface area (Å²) in [5, 5.41) is 26.0. The van der Waals surface area contributed by atoms with Gasteiger partial charge >= 0.3 is 0 Å². The molecule has 0 saturated carbocycles. The highest BCUT2D eigenvalue weighted by Gasteiger charge is 2.17. The second-order valence-electron chi connectivity index (χ2n) is 7.79. The molecule has 1 amide bonds. The zero-order chi connectivity index (χ0) is 24.9. The molecule has 0 aliphatic rings. The zero-order valence-electron chi connectivity index (χ0n) is 18.9. The van der Waals surface area contributed by atoms with E-state index in [-0.39, 0.29) is 17.4 Å². The number of aromatic nitrogens is 3. The smallest absolute Gasteiger partial charge is 0.250 e. The van der Waals surface area contributed by atoms with Gasteiger partial charge in [-0.05, 0) is 41.1 Å². The predicted octanol–water partition coefficient (Wildman–Crippen LogP) is 5.69. The first-order chi connectivity index (χ1) is 17.6. The van der Waals surface area contributed by atoms with Gasteiger partial charge in [0.05, 0.1) is 12.0 Å². The van der Waals surface area contributed by atoms with Crippen molar-refractivity contribution in [1.29, 1.82) is 0 Å². The van der Waals surface area contributed by atoms with E-state index in [1.165, 1.54) is 18.0 Å². The van der Waals surface area contributed by atoms with E-state index in [4.69, 9.17) is 11.6 Å². The Morgan fingerprint density at radius 3 is 2.53 bits per heavy atom. The van der Waals surface area contributed by atoms with E-state index in [1.54, 1.807) is 18.2 Å². The van der Waals surface area contributed by atoms with Gasteiger partial charge in [-0.15, -0.1) is 10.2 Å². The lowest BCUT2D eigenvalue weighted by atomic mass is 10.0. The number of fused-ring (bicyclic) bond motifs is 1. The Morgan fingerprint density at radius 2 is 1.72 bits per heavy atom. The summed E-state index contributed by atoms with van der Waals surface area (Å²) in [7, 11) is 0. The minimum atomic E-state index is -0.317. The number of hydrogen-bond donors (Lipinski definition) is 2. The molecule has 0 spiro atoms. The number of carbonyl (C=O) groups excluding carboxylic acids is 1. The van der Waals surface area contributed by atoms with Gasteiger partial charge in [0.2, 0.25) is 0 Å². The predicted molar refractivity (Wildman–Crippen MR) is 144 cm³/mol. The molecule has 4 aromatic carbocycles. The lowest BCUT2D eigenvalue weighted by molar-refractivity contribution is -0.118. The number of halogens is 1. The number of hydrazone groups is 1. The third-order valence-corrected chi connectivity index (χ3v) is 6.59. The van der Waals surface area contributed by atoms with Crippen LogP contribution in [0.5, 0.6) is 5.75 Å². The van der Waals surface area contributed by atoms with Gasteiger partial charge in [0.1, 0.15) is 5.75 Å². The van der Waals surface area contributed by atoms with Crippen LogP contribution in [0.15, 0.2) is 101 Å². The molecule has 36 heavy (non-hydrogen) atoms. The normalized spacial score (nSPS) is 11.2. The Bertz CT molecular complexity index is 1550. The van der Waals surface area contributed by atoms with E-state index in [9.17, 15) is 9.90 Å². The van der Waals surface area contributed by atoms with Crippen LogP contribution in [0.25, 0.3) is 27.8 Å². The van der Waals surface area contributed by atoms with Gasteiger partial charge < -0.3 is 5.11 Å². The second-order valence-corrected chi connectivity index (χ2v) is 9.16. The van der Waals surface area contributed by atoms with E-state index in [0.29, 0.717) is 21.6 Å². The topological polar surface area (TPSA) is 92.4 Å². The van der Waals surface area contributed by atoms with Crippen LogP contribution in [-0.2, 0) is 4.79 Å². The Kier molecular flexibility index (Phi) is 6.97. The molecule has 5 aromatic rings. The van der Waals surface area contributed by atoms with Crippen LogP contribution in [0.3, 0.4) is 0 Å². The molecule has 1 aromatic heterocycles. The van der Waals surface area contributed by atoms with Crippen molar-refractivity contribution in [3.05, 3.63) is 102 Å². The molecule has 0 fully saturated rings. The van der Waals surface area contributed by atoms with E-state index >= 15 is 0 Å². The van der Waals surface area contributed by atoms with Gasteiger partial charge in [0.25, 0.3) is 5.91 Å². The molecule has 2 N–H and O–H groups in total. The number of rotatable bonds is 7. The highest BCUT2D eigenvalue weighted by Crippen LogP contribution is 2.29. The van der Waals surface area contributed by atoms with Gasteiger partial charge in [0.15, 0.2) is 11.0 Å². The van der Waals surface area contributed by atoms with E-state index in [0.717, 1.165) is 22.0 Å². The summed E-state index contributed by atoms with van der Waals surface area (Å²) in [6, 6.07) is 28.1. The fraction of sp³-hybridized carbons (Fsp3) is 0.0370. The largest absolute Gasteiger partial charge is 0.507 e. The number of phenolic OH excluding ortho intramolecular Hbond substituents is 1. The maximum absolute atomic E-state index is 12.5. The standard InChI is InChI=1S/C27H20ClN5O2S/c28-20-11-13-21(14-12-20)33-26(19-7-2-1-3-8-19)31-32-27(33)36-17-25(35)30-29-16-23-22-9-5-4-6-18(22)10-15-24(23)34/h1-16,34H,17H2,(H,30,35)/b29-16-. The van der Waals surface area contributed by atoms with Crippen molar-refractivity contribution in [1.82, 2.24) is 20.2 Å².